The lowest BCUT2D eigenvalue weighted by molar-refractivity contribution is -0.171. The molecule has 0 aliphatic carbocycles. The highest BCUT2D eigenvalue weighted by molar-refractivity contribution is 8.01. The van der Waals surface area contributed by atoms with E-state index in [2.05, 4.69) is 106 Å². The van der Waals surface area contributed by atoms with E-state index in [0.29, 0.717) is 26.4 Å². The summed E-state index contributed by atoms with van der Waals surface area (Å²) >= 11 is 3.67. The summed E-state index contributed by atoms with van der Waals surface area (Å²) in [6.07, 6.45) is 0.134. The van der Waals surface area contributed by atoms with Crippen molar-refractivity contribution in [1.82, 2.24) is 5.06 Å². The summed E-state index contributed by atoms with van der Waals surface area (Å²) in [6, 6.07) is 36.0. The number of carbonyl (C=O) groups is 1. The molecule has 0 bridgehead atoms. The maximum Gasteiger partial charge on any atom is 0.528 e. The van der Waals surface area contributed by atoms with E-state index in [0.717, 1.165) is 12.2 Å². The highest BCUT2D eigenvalue weighted by Gasteiger charge is 2.45. The van der Waals surface area contributed by atoms with Crippen LogP contribution in [0.15, 0.2) is 113 Å². The van der Waals surface area contributed by atoms with E-state index in [-0.39, 0.29) is 22.5 Å². The molecule has 0 N–H and O–H groups in total. The molecule has 8 heteroatoms. The second-order valence-electron chi connectivity index (χ2n) is 13.6. The third-order valence-electron chi connectivity index (χ3n) is 8.31. The molecule has 260 valence electrons. The van der Waals surface area contributed by atoms with Gasteiger partial charge in [-0.3, -0.25) is 0 Å². The van der Waals surface area contributed by atoms with Crippen LogP contribution >= 0.6 is 23.5 Å². The third-order valence-corrected chi connectivity index (χ3v) is 11.1. The largest absolute Gasteiger partial charge is 0.528 e. The zero-order valence-electron chi connectivity index (χ0n) is 29.5. The molecule has 1 aliphatic rings. The van der Waals surface area contributed by atoms with Crippen LogP contribution in [0.4, 0.5) is 4.79 Å². The number of rotatable bonds is 13. The van der Waals surface area contributed by atoms with Crippen LogP contribution in [0.25, 0.3) is 0 Å². The predicted octanol–water partition coefficient (Wildman–Crippen LogP) is 10.3. The van der Waals surface area contributed by atoms with Gasteiger partial charge in [-0.05, 0) is 89.1 Å². The maximum absolute atomic E-state index is 13.0. The minimum Gasteiger partial charge on any atom is -0.494 e. The monoisotopic (exact) mass is 699 g/mol. The van der Waals surface area contributed by atoms with Gasteiger partial charge >= 0.3 is 6.16 Å². The molecule has 1 unspecified atom stereocenters. The summed E-state index contributed by atoms with van der Waals surface area (Å²) in [5, 5.41) is 1.98. The first-order valence-electron chi connectivity index (χ1n) is 17.0. The van der Waals surface area contributed by atoms with Gasteiger partial charge in [-0.2, -0.15) is 0 Å². The molecule has 0 spiro atoms. The Morgan fingerprint density at radius 2 is 1.41 bits per heavy atom. The molecule has 0 aromatic heterocycles. The lowest BCUT2D eigenvalue weighted by Gasteiger charge is -2.46. The second kappa shape index (κ2) is 17.5. The predicted molar refractivity (Wildman–Crippen MR) is 201 cm³/mol. The van der Waals surface area contributed by atoms with Crippen LogP contribution in [0.3, 0.4) is 0 Å². The number of nitrogens with zero attached hydrogens (tertiary/aromatic N) is 1. The lowest BCUT2D eigenvalue weighted by Crippen LogP contribution is -2.54. The normalized spacial score (nSPS) is 19.7. The molecule has 0 amide bonds. The molecule has 1 aliphatic heterocycles. The summed E-state index contributed by atoms with van der Waals surface area (Å²) in [5.74, 6) is 0.988. The lowest BCUT2D eigenvalue weighted by atomic mass is 9.85. The number of aryl methyl sites for hydroxylation is 2. The highest BCUT2D eigenvalue weighted by atomic mass is 32.2. The van der Waals surface area contributed by atoms with Crippen molar-refractivity contribution in [3.05, 3.63) is 125 Å². The minimum atomic E-state index is -0.678. The Labute approximate surface area is 300 Å². The Bertz CT molecular complexity index is 1590. The van der Waals surface area contributed by atoms with Gasteiger partial charge in [-0.1, -0.05) is 77.9 Å². The van der Waals surface area contributed by atoms with Crippen LogP contribution in [0, 0.1) is 13.8 Å². The fourth-order valence-corrected chi connectivity index (χ4v) is 8.64. The van der Waals surface area contributed by atoms with Crippen molar-refractivity contribution in [2.45, 2.75) is 92.4 Å². The van der Waals surface area contributed by atoms with Crippen LogP contribution < -0.4 is 4.74 Å². The Morgan fingerprint density at radius 1 is 0.796 bits per heavy atom. The number of hydroxylamine groups is 2. The molecule has 0 radical (unpaired) electrons. The highest BCUT2D eigenvalue weighted by Crippen LogP contribution is 2.48. The van der Waals surface area contributed by atoms with E-state index in [1.54, 1.807) is 0 Å². The fourth-order valence-electron chi connectivity index (χ4n) is 5.77. The van der Waals surface area contributed by atoms with Crippen molar-refractivity contribution in [3.63, 3.8) is 0 Å². The summed E-state index contributed by atoms with van der Waals surface area (Å²) in [5.41, 5.74) is 4.20. The standard InChI is InChI=1S/C41H49NO5S2/c1-29-13-21-35(22-14-29)48-37-27-42(47-40(43)46-41(4,5)6)31(3)39(49-36-23-15-30(2)16-24-36)38(37)33-17-19-34(20-18-33)45-26-10-25-44-28-32-11-8-7-9-12-32/h7-9,11-24,31,37-39H,10,25-28H2,1-6H3/t31?,37-,38+,39+/m1/s1. The van der Waals surface area contributed by atoms with Crippen molar-refractivity contribution in [1.29, 1.82) is 0 Å². The first-order valence-corrected chi connectivity index (χ1v) is 18.8. The van der Waals surface area contributed by atoms with Crippen LogP contribution in [-0.4, -0.2) is 53.1 Å². The van der Waals surface area contributed by atoms with E-state index < -0.39 is 11.8 Å². The molecule has 1 heterocycles. The summed E-state index contributed by atoms with van der Waals surface area (Å²) in [7, 11) is 0. The van der Waals surface area contributed by atoms with Crippen molar-refractivity contribution in [3.8, 4) is 5.75 Å². The van der Waals surface area contributed by atoms with Gasteiger partial charge < -0.3 is 19.0 Å². The Hall–Kier alpha value is -3.43. The number of benzene rings is 4. The SMILES string of the molecule is Cc1ccc(S[C@@H]2CN(OC(=O)OC(C)(C)C)C(C)[C@H](Sc3ccc(C)cc3)[C@H]2c2ccc(OCCCOCc3ccccc3)cc2)cc1. The molecule has 5 rings (SSSR count). The van der Waals surface area contributed by atoms with Crippen LogP contribution in [-0.2, 0) is 20.9 Å². The maximum atomic E-state index is 13.0. The van der Waals surface area contributed by atoms with E-state index in [1.807, 2.05) is 67.6 Å². The van der Waals surface area contributed by atoms with Crippen LogP contribution in [0.5, 0.6) is 5.75 Å². The molecule has 1 fully saturated rings. The fraction of sp³-hybridized carbons (Fsp3) is 0.390. The molecule has 1 saturated heterocycles. The molecule has 49 heavy (non-hydrogen) atoms. The number of piperidine rings is 1. The third kappa shape index (κ3) is 11.3. The molecule has 4 atom stereocenters. The Balaban J connectivity index is 1.35. The molecule has 4 aromatic rings. The van der Waals surface area contributed by atoms with Gasteiger partial charge in [0.1, 0.15) is 11.4 Å². The smallest absolute Gasteiger partial charge is 0.494 e. The average molecular weight is 700 g/mol. The average Bonchev–Trinajstić information content (AvgIpc) is 3.07. The van der Waals surface area contributed by atoms with Crippen molar-refractivity contribution in [2.75, 3.05) is 19.8 Å². The van der Waals surface area contributed by atoms with Gasteiger partial charge in [0.25, 0.3) is 0 Å². The number of thioether (sulfide) groups is 2. The first kappa shape index (κ1) is 36.8. The summed E-state index contributed by atoms with van der Waals surface area (Å²) < 4.78 is 17.5. The number of hydrogen-bond acceptors (Lipinski definition) is 8. The van der Waals surface area contributed by atoms with E-state index >= 15 is 0 Å². The van der Waals surface area contributed by atoms with Crippen LogP contribution in [0.1, 0.15) is 62.3 Å². The van der Waals surface area contributed by atoms with Crippen molar-refractivity contribution >= 4 is 29.7 Å². The van der Waals surface area contributed by atoms with E-state index in [9.17, 15) is 4.79 Å². The molecule has 6 nitrogen and oxygen atoms in total. The van der Waals surface area contributed by atoms with E-state index in [1.165, 1.54) is 32.0 Å². The van der Waals surface area contributed by atoms with Crippen molar-refractivity contribution in [2.24, 2.45) is 0 Å². The number of carbonyl (C=O) groups excluding carboxylic acids is 1. The van der Waals surface area contributed by atoms with E-state index in [4.69, 9.17) is 19.0 Å². The molecule has 4 aromatic carbocycles. The number of ether oxygens (including phenoxy) is 3. The minimum absolute atomic E-state index is 0.0652. The number of hydrogen-bond donors (Lipinski definition) is 0. The topological polar surface area (TPSA) is 57.2 Å². The zero-order valence-corrected chi connectivity index (χ0v) is 31.1. The Morgan fingerprint density at radius 3 is 2.02 bits per heavy atom. The quantitative estimate of drug-likeness (QED) is 0.101. The molecule has 0 saturated carbocycles. The summed E-state index contributed by atoms with van der Waals surface area (Å²) in [4.78, 5) is 21.3. The van der Waals surface area contributed by atoms with Gasteiger partial charge in [-0.25, -0.2) is 4.79 Å². The van der Waals surface area contributed by atoms with Gasteiger partial charge in [-0.15, -0.1) is 28.6 Å². The Kier molecular flexibility index (Phi) is 13.1. The van der Waals surface area contributed by atoms with Gasteiger partial charge in [0.15, 0.2) is 0 Å². The molecular formula is C41H49NO5S2. The summed E-state index contributed by atoms with van der Waals surface area (Å²) in [6.45, 7) is 14.3. The van der Waals surface area contributed by atoms with Gasteiger partial charge in [0.2, 0.25) is 0 Å². The van der Waals surface area contributed by atoms with Gasteiger partial charge in [0, 0.05) is 39.2 Å². The second-order valence-corrected chi connectivity index (χ2v) is 16.2. The zero-order chi connectivity index (χ0) is 34.8. The van der Waals surface area contributed by atoms with Crippen molar-refractivity contribution < 1.29 is 23.8 Å². The molecular weight excluding hydrogens is 651 g/mol. The van der Waals surface area contributed by atoms with Gasteiger partial charge in [0.05, 0.1) is 25.9 Å². The van der Waals surface area contributed by atoms with Crippen LogP contribution in [0.2, 0.25) is 0 Å². The first-order chi connectivity index (χ1) is 23.5.